The molecule has 1 aliphatic carbocycles. The van der Waals surface area contributed by atoms with Crippen LogP contribution in [0.25, 0.3) is 22.2 Å². The van der Waals surface area contributed by atoms with Crippen LogP contribution < -0.4 is 5.32 Å². The zero-order valence-corrected chi connectivity index (χ0v) is 18.1. The Morgan fingerprint density at radius 2 is 1.74 bits per heavy atom. The van der Waals surface area contributed by atoms with Gasteiger partial charge in [0.15, 0.2) is 5.65 Å². The molecule has 4 aromatic rings. The van der Waals surface area contributed by atoms with Crippen LogP contribution in [0.15, 0.2) is 59.6 Å². The van der Waals surface area contributed by atoms with Crippen LogP contribution >= 0.6 is 11.6 Å². The molecule has 31 heavy (non-hydrogen) atoms. The van der Waals surface area contributed by atoms with Crippen LogP contribution in [0.3, 0.4) is 0 Å². The van der Waals surface area contributed by atoms with Gasteiger partial charge in [0.2, 0.25) is 5.28 Å². The molecule has 2 aromatic heterocycles. The molecule has 1 aliphatic rings. The molecule has 2 aromatic carbocycles. The molecule has 0 radical (unpaired) electrons. The first-order valence-corrected chi connectivity index (χ1v) is 11.6. The van der Waals surface area contributed by atoms with E-state index in [1.807, 2.05) is 6.92 Å². The van der Waals surface area contributed by atoms with Gasteiger partial charge >= 0.3 is 0 Å². The second-order valence-electron chi connectivity index (χ2n) is 7.62. The van der Waals surface area contributed by atoms with Gasteiger partial charge in [-0.25, -0.2) is 21.8 Å². The fourth-order valence-electron chi connectivity index (χ4n) is 3.45. The fourth-order valence-corrected chi connectivity index (χ4v) is 4.93. The van der Waals surface area contributed by atoms with Gasteiger partial charge in [-0.1, -0.05) is 29.8 Å². The van der Waals surface area contributed by atoms with Crippen molar-refractivity contribution in [1.29, 1.82) is 0 Å². The third-order valence-electron chi connectivity index (χ3n) is 5.24. The van der Waals surface area contributed by atoms with Gasteiger partial charge in [-0.05, 0) is 61.2 Å². The van der Waals surface area contributed by atoms with Crippen LogP contribution in [0.2, 0.25) is 5.28 Å². The number of nitrogens with zero attached hydrogens (tertiary/aromatic N) is 3. The number of hydrogen-bond acceptors (Lipinski definition) is 5. The van der Waals surface area contributed by atoms with Crippen molar-refractivity contribution in [2.45, 2.75) is 30.7 Å². The van der Waals surface area contributed by atoms with Crippen LogP contribution in [0.4, 0.5) is 10.2 Å². The Hall–Kier alpha value is -2.97. The van der Waals surface area contributed by atoms with Crippen LogP contribution in [-0.4, -0.2) is 28.4 Å². The van der Waals surface area contributed by atoms with Gasteiger partial charge in [-0.2, -0.15) is 4.98 Å². The highest BCUT2D eigenvalue weighted by molar-refractivity contribution is 7.90. The van der Waals surface area contributed by atoms with Crippen molar-refractivity contribution < 1.29 is 12.8 Å². The van der Waals surface area contributed by atoms with E-state index in [0.717, 1.165) is 22.4 Å². The summed E-state index contributed by atoms with van der Waals surface area (Å²) in [6.07, 6.45) is 3.49. The highest BCUT2D eigenvalue weighted by Crippen LogP contribution is 2.38. The van der Waals surface area contributed by atoms with Gasteiger partial charge in [0, 0.05) is 17.8 Å². The summed E-state index contributed by atoms with van der Waals surface area (Å²) in [6.45, 7) is 1.89. The standard InChI is InChI=1S/C22H18ClFN4O2S/c1-13-2-10-17(11-3-13)31(29,30)28-12-18(14-4-6-15(24)7-5-14)19-20(25-16-8-9-16)26-22(23)27-21(19)28/h2-7,10-12,16H,8-9H2,1H3,(H,25,26,27). The van der Waals surface area contributed by atoms with E-state index in [9.17, 15) is 12.8 Å². The van der Waals surface area contributed by atoms with E-state index in [1.165, 1.54) is 18.3 Å². The minimum absolute atomic E-state index is 0.0558. The summed E-state index contributed by atoms with van der Waals surface area (Å²) in [6, 6.07) is 12.7. The third kappa shape index (κ3) is 3.66. The van der Waals surface area contributed by atoms with Crippen molar-refractivity contribution in [1.82, 2.24) is 13.9 Å². The lowest BCUT2D eigenvalue weighted by atomic mass is 10.1. The van der Waals surface area contributed by atoms with Crippen LogP contribution in [-0.2, 0) is 10.0 Å². The van der Waals surface area contributed by atoms with E-state index >= 15 is 0 Å². The molecular formula is C22H18ClFN4O2S. The highest BCUT2D eigenvalue weighted by atomic mass is 35.5. The maximum Gasteiger partial charge on any atom is 0.269 e. The number of rotatable bonds is 5. The number of aryl methyl sites for hydroxylation is 1. The number of benzene rings is 2. The average Bonchev–Trinajstić information content (AvgIpc) is 3.46. The van der Waals surface area contributed by atoms with E-state index in [2.05, 4.69) is 15.3 Å². The average molecular weight is 457 g/mol. The van der Waals surface area contributed by atoms with E-state index in [1.54, 1.807) is 36.4 Å². The maximum absolute atomic E-state index is 13.5. The first kappa shape index (κ1) is 20.0. The second kappa shape index (κ2) is 7.32. The summed E-state index contributed by atoms with van der Waals surface area (Å²) in [5.41, 5.74) is 2.34. The molecule has 0 aliphatic heterocycles. The Morgan fingerprint density at radius 1 is 1.06 bits per heavy atom. The Morgan fingerprint density at radius 3 is 2.39 bits per heavy atom. The molecule has 9 heteroatoms. The summed E-state index contributed by atoms with van der Waals surface area (Å²) in [5, 5.41) is 3.79. The van der Waals surface area contributed by atoms with Gasteiger partial charge in [0.25, 0.3) is 10.0 Å². The van der Waals surface area contributed by atoms with Crippen molar-refractivity contribution in [3.8, 4) is 11.1 Å². The van der Waals surface area contributed by atoms with Gasteiger partial charge in [0.1, 0.15) is 11.6 Å². The summed E-state index contributed by atoms with van der Waals surface area (Å²) in [7, 11) is -3.96. The molecule has 6 nitrogen and oxygen atoms in total. The summed E-state index contributed by atoms with van der Waals surface area (Å²) in [5.74, 6) is 0.0880. The molecule has 0 atom stereocenters. The normalized spacial score (nSPS) is 14.2. The molecule has 1 N–H and O–H groups in total. The molecule has 1 saturated carbocycles. The highest BCUT2D eigenvalue weighted by Gasteiger charge is 2.28. The molecule has 5 rings (SSSR count). The Bertz CT molecular complexity index is 1400. The van der Waals surface area contributed by atoms with Crippen LogP contribution in [0, 0.1) is 12.7 Å². The predicted molar refractivity (Wildman–Crippen MR) is 118 cm³/mol. The molecule has 2 heterocycles. The number of hydrogen-bond donors (Lipinski definition) is 1. The smallest absolute Gasteiger partial charge is 0.269 e. The van der Waals surface area contributed by atoms with Crippen LogP contribution in [0.1, 0.15) is 18.4 Å². The zero-order chi connectivity index (χ0) is 21.8. The number of fused-ring (bicyclic) bond motifs is 1. The van der Waals surface area contributed by atoms with Crippen molar-refractivity contribution in [2.75, 3.05) is 5.32 Å². The zero-order valence-electron chi connectivity index (χ0n) is 16.5. The lowest BCUT2D eigenvalue weighted by molar-refractivity contribution is 0.588. The van der Waals surface area contributed by atoms with Gasteiger partial charge in [-0.15, -0.1) is 0 Å². The maximum atomic E-state index is 13.5. The van der Waals surface area contributed by atoms with Crippen molar-refractivity contribution in [2.24, 2.45) is 0 Å². The largest absolute Gasteiger partial charge is 0.367 e. The first-order valence-electron chi connectivity index (χ1n) is 9.76. The van der Waals surface area contributed by atoms with Crippen LogP contribution in [0.5, 0.6) is 0 Å². The first-order chi connectivity index (χ1) is 14.8. The van der Waals surface area contributed by atoms with Gasteiger partial charge in [-0.3, -0.25) is 0 Å². The summed E-state index contributed by atoms with van der Waals surface area (Å²) in [4.78, 5) is 8.72. The molecule has 0 saturated heterocycles. The van der Waals surface area contributed by atoms with E-state index in [0.29, 0.717) is 22.3 Å². The molecular weight excluding hydrogens is 439 g/mol. The number of aromatic nitrogens is 3. The number of nitrogens with one attached hydrogen (secondary N) is 1. The minimum atomic E-state index is -3.96. The molecule has 158 valence electrons. The third-order valence-corrected chi connectivity index (χ3v) is 7.07. The fraction of sp³-hybridized carbons (Fsp3) is 0.182. The van der Waals surface area contributed by atoms with E-state index < -0.39 is 10.0 Å². The molecule has 1 fully saturated rings. The van der Waals surface area contributed by atoms with Crippen molar-refractivity contribution in [3.63, 3.8) is 0 Å². The van der Waals surface area contributed by atoms with Crippen molar-refractivity contribution >= 4 is 38.5 Å². The number of halogens is 2. The minimum Gasteiger partial charge on any atom is -0.367 e. The van der Waals surface area contributed by atoms with E-state index in [-0.39, 0.29) is 27.7 Å². The van der Waals surface area contributed by atoms with Crippen molar-refractivity contribution in [3.05, 3.63) is 71.4 Å². The molecule has 0 spiro atoms. The predicted octanol–water partition coefficient (Wildman–Crippen LogP) is 5.01. The Balaban J connectivity index is 1.80. The monoisotopic (exact) mass is 456 g/mol. The lowest BCUT2D eigenvalue weighted by Gasteiger charge is -2.09. The summed E-state index contributed by atoms with van der Waals surface area (Å²) >= 11 is 6.17. The topological polar surface area (TPSA) is 76.9 Å². The van der Waals surface area contributed by atoms with Gasteiger partial charge in [0.05, 0.1) is 10.3 Å². The Kier molecular flexibility index (Phi) is 4.71. The van der Waals surface area contributed by atoms with Gasteiger partial charge < -0.3 is 5.32 Å². The molecule has 0 unspecified atom stereocenters. The Labute approximate surface area is 183 Å². The molecule has 0 amide bonds. The summed E-state index contributed by atoms with van der Waals surface area (Å²) < 4.78 is 41.6. The molecule has 0 bridgehead atoms. The quantitative estimate of drug-likeness (QED) is 0.427. The SMILES string of the molecule is Cc1ccc(S(=O)(=O)n2cc(-c3ccc(F)cc3)c3c(NC4CC4)nc(Cl)nc32)cc1. The second-order valence-corrected chi connectivity index (χ2v) is 9.78. The van der Waals surface area contributed by atoms with E-state index in [4.69, 9.17) is 11.6 Å². The number of anilines is 1. The lowest BCUT2D eigenvalue weighted by Crippen LogP contribution is -2.13.